The molecule has 0 saturated heterocycles. The molecule has 1 aliphatic heterocycles. The van der Waals surface area contributed by atoms with E-state index in [9.17, 15) is 9.59 Å². The van der Waals surface area contributed by atoms with Gasteiger partial charge in [-0.25, -0.2) is 4.79 Å². The van der Waals surface area contributed by atoms with Crippen LogP contribution in [0.1, 0.15) is 42.7 Å². The van der Waals surface area contributed by atoms with Gasteiger partial charge in [0.05, 0.1) is 39.4 Å². The molecule has 8 heteroatoms. The molecular weight excluding hydrogens is 474 g/mol. The summed E-state index contributed by atoms with van der Waals surface area (Å²) in [5.74, 6) is 0.436. The summed E-state index contributed by atoms with van der Waals surface area (Å²) in [5, 5.41) is 3.37. The molecule has 2 aliphatic rings. The maximum Gasteiger partial charge on any atom is 0.336 e. The highest BCUT2D eigenvalue weighted by atomic mass is 16.6. The number of para-hydroxylation sites is 2. The molecule has 0 saturated carbocycles. The number of rotatable bonds is 9. The molecule has 0 bridgehead atoms. The highest BCUT2D eigenvalue weighted by molar-refractivity contribution is 6.04. The van der Waals surface area contributed by atoms with Gasteiger partial charge in [-0.2, -0.15) is 0 Å². The molecule has 1 N–H and O–H groups in total. The smallest absolute Gasteiger partial charge is 0.336 e. The molecule has 0 spiro atoms. The molecule has 2 atom stereocenters. The summed E-state index contributed by atoms with van der Waals surface area (Å²) < 4.78 is 27.4. The summed E-state index contributed by atoms with van der Waals surface area (Å²) in [7, 11) is 6.28. The van der Waals surface area contributed by atoms with Gasteiger partial charge in [0.1, 0.15) is 12.4 Å². The molecule has 0 fully saturated rings. The Morgan fingerprint density at radius 1 is 0.892 bits per heavy atom. The second-order valence-electron chi connectivity index (χ2n) is 8.97. The number of ketones is 1. The van der Waals surface area contributed by atoms with E-state index in [4.69, 9.17) is 23.7 Å². The SMILES string of the molecule is COCCOC(=O)C1=C(C)NC2=C(C(=O)C[C@@H](c3ccccc3OC)C2)[C@@H]1c1cccc(OC)c1OC. The van der Waals surface area contributed by atoms with Crippen molar-refractivity contribution in [1.29, 1.82) is 0 Å². The van der Waals surface area contributed by atoms with E-state index >= 15 is 0 Å². The summed E-state index contributed by atoms with van der Waals surface area (Å²) in [6.07, 6.45) is 0.877. The van der Waals surface area contributed by atoms with Crippen LogP contribution in [0, 0.1) is 0 Å². The first-order chi connectivity index (χ1) is 17.9. The van der Waals surface area contributed by atoms with E-state index in [1.165, 1.54) is 0 Å². The molecule has 0 unspecified atom stereocenters. The van der Waals surface area contributed by atoms with Crippen molar-refractivity contribution in [3.05, 3.63) is 76.1 Å². The predicted molar refractivity (Wildman–Crippen MR) is 138 cm³/mol. The largest absolute Gasteiger partial charge is 0.496 e. The molecule has 8 nitrogen and oxygen atoms in total. The minimum Gasteiger partial charge on any atom is -0.496 e. The van der Waals surface area contributed by atoms with E-state index in [1.54, 1.807) is 34.5 Å². The minimum atomic E-state index is -0.678. The Morgan fingerprint density at radius 2 is 1.59 bits per heavy atom. The Morgan fingerprint density at radius 3 is 2.30 bits per heavy atom. The van der Waals surface area contributed by atoms with E-state index < -0.39 is 11.9 Å². The number of allylic oxidation sites excluding steroid dienone is 3. The molecule has 37 heavy (non-hydrogen) atoms. The molecule has 2 aromatic carbocycles. The molecule has 1 heterocycles. The van der Waals surface area contributed by atoms with Crippen LogP contribution in [0.4, 0.5) is 0 Å². The Bertz CT molecular complexity index is 1250. The quantitative estimate of drug-likeness (QED) is 0.398. The van der Waals surface area contributed by atoms with Crippen LogP contribution in [-0.4, -0.2) is 53.4 Å². The van der Waals surface area contributed by atoms with Gasteiger partial charge in [-0.15, -0.1) is 0 Å². The van der Waals surface area contributed by atoms with Crippen molar-refractivity contribution in [2.45, 2.75) is 31.6 Å². The van der Waals surface area contributed by atoms with Crippen molar-refractivity contribution in [2.75, 3.05) is 41.7 Å². The number of hydrogen-bond donors (Lipinski definition) is 1. The Balaban J connectivity index is 1.84. The number of ether oxygens (including phenoxy) is 5. The van der Waals surface area contributed by atoms with Crippen molar-refractivity contribution >= 4 is 11.8 Å². The number of carbonyl (C=O) groups is 2. The summed E-state index contributed by atoms with van der Waals surface area (Å²) in [4.78, 5) is 27.3. The zero-order chi connectivity index (χ0) is 26.5. The van der Waals surface area contributed by atoms with Gasteiger partial charge in [0.25, 0.3) is 0 Å². The van der Waals surface area contributed by atoms with E-state index in [0.717, 1.165) is 17.0 Å². The predicted octanol–water partition coefficient (Wildman–Crippen LogP) is 4.26. The Kier molecular flexibility index (Phi) is 8.18. The average molecular weight is 508 g/mol. The van der Waals surface area contributed by atoms with Gasteiger partial charge in [0.2, 0.25) is 0 Å². The van der Waals surface area contributed by atoms with E-state index in [0.29, 0.717) is 40.3 Å². The highest BCUT2D eigenvalue weighted by Gasteiger charge is 2.43. The van der Waals surface area contributed by atoms with Crippen molar-refractivity contribution in [3.63, 3.8) is 0 Å². The first kappa shape index (κ1) is 26.3. The van der Waals surface area contributed by atoms with Crippen molar-refractivity contribution < 1.29 is 33.3 Å². The number of dihydropyridines is 1. The lowest BCUT2D eigenvalue weighted by molar-refractivity contribution is -0.140. The summed E-state index contributed by atoms with van der Waals surface area (Å²) in [5.41, 5.74) is 3.97. The molecule has 0 amide bonds. The fourth-order valence-corrected chi connectivity index (χ4v) is 5.28. The lowest BCUT2D eigenvalue weighted by Gasteiger charge is -2.37. The van der Waals surface area contributed by atoms with Crippen LogP contribution >= 0.6 is 0 Å². The third-order valence-corrected chi connectivity index (χ3v) is 6.89. The normalized spacial score (nSPS) is 19.2. The second-order valence-corrected chi connectivity index (χ2v) is 8.97. The third kappa shape index (κ3) is 5.06. The van der Waals surface area contributed by atoms with E-state index in [2.05, 4.69) is 5.32 Å². The van der Waals surface area contributed by atoms with Gasteiger partial charge in [-0.3, -0.25) is 4.79 Å². The van der Waals surface area contributed by atoms with Gasteiger partial charge in [-0.05, 0) is 31.0 Å². The number of hydrogen-bond acceptors (Lipinski definition) is 8. The van der Waals surface area contributed by atoms with Gasteiger partial charge in [-0.1, -0.05) is 30.3 Å². The van der Waals surface area contributed by atoms with Crippen molar-refractivity contribution in [2.24, 2.45) is 0 Å². The molecule has 2 aromatic rings. The molecule has 0 radical (unpaired) electrons. The van der Waals surface area contributed by atoms with Gasteiger partial charge in [0, 0.05) is 42.0 Å². The topological polar surface area (TPSA) is 92.3 Å². The first-order valence-electron chi connectivity index (χ1n) is 12.2. The van der Waals surface area contributed by atoms with Crippen LogP contribution in [0.25, 0.3) is 0 Å². The number of Topliss-reactive ketones (excluding diaryl/α,β-unsaturated/α-hetero) is 1. The maximum atomic E-state index is 13.9. The molecule has 0 aromatic heterocycles. The Hall–Kier alpha value is -3.78. The third-order valence-electron chi connectivity index (χ3n) is 6.89. The first-order valence-corrected chi connectivity index (χ1v) is 12.2. The fraction of sp³-hybridized carbons (Fsp3) is 0.379. The number of benzene rings is 2. The minimum absolute atomic E-state index is 0.0470. The average Bonchev–Trinajstić information content (AvgIpc) is 2.91. The fourth-order valence-electron chi connectivity index (χ4n) is 5.28. The van der Waals surface area contributed by atoms with Crippen molar-refractivity contribution in [3.8, 4) is 17.2 Å². The van der Waals surface area contributed by atoms with Crippen LogP contribution in [0.5, 0.6) is 17.2 Å². The van der Waals surface area contributed by atoms with Gasteiger partial charge in [0.15, 0.2) is 17.3 Å². The van der Waals surface area contributed by atoms with Gasteiger partial charge < -0.3 is 29.0 Å². The van der Waals surface area contributed by atoms with E-state index in [-0.39, 0.29) is 31.3 Å². The lowest BCUT2D eigenvalue weighted by Crippen LogP contribution is -2.36. The van der Waals surface area contributed by atoms with Crippen LogP contribution < -0.4 is 19.5 Å². The van der Waals surface area contributed by atoms with E-state index in [1.807, 2.05) is 43.3 Å². The second kappa shape index (κ2) is 11.5. The van der Waals surface area contributed by atoms with Crippen LogP contribution in [0.15, 0.2) is 65.0 Å². The maximum absolute atomic E-state index is 13.9. The standard InChI is InChI=1S/C29H33NO7/c1-17-25(29(32)37-14-13-33-2)26(20-10-8-12-24(35-4)28(20)36-5)27-21(30-17)15-18(16-22(27)31)19-9-6-7-11-23(19)34-3/h6-12,18,26,30H,13-16H2,1-5H3/t18-,26+/m0/s1. The number of carbonyl (C=O) groups excluding carboxylic acids is 2. The summed E-state index contributed by atoms with van der Waals surface area (Å²) in [6, 6.07) is 13.2. The summed E-state index contributed by atoms with van der Waals surface area (Å²) in [6.45, 7) is 2.20. The Labute approximate surface area is 217 Å². The number of nitrogens with one attached hydrogen (secondary N) is 1. The zero-order valence-corrected chi connectivity index (χ0v) is 21.9. The van der Waals surface area contributed by atoms with Crippen LogP contribution in [-0.2, 0) is 19.1 Å². The monoisotopic (exact) mass is 507 g/mol. The zero-order valence-electron chi connectivity index (χ0n) is 21.9. The van der Waals surface area contributed by atoms with Crippen LogP contribution in [0.2, 0.25) is 0 Å². The van der Waals surface area contributed by atoms with Gasteiger partial charge >= 0.3 is 5.97 Å². The highest BCUT2D eigenvalue weighted by Crippen LogP contribution is 2.50. The molecule has 1 aliphatic carbocycles. The molecule has 196 valence electrons. The molecular formula is C29H33NO7. The number of esters is 1. The summed E-state index contributed by atoms with van der Waals surface area (Å²) >= 11 is 0. The number of methoxy groups -OCH3 is 4. The van der Waals surface area contributed by atoms with Crippen molar-refractivity contribution in [1.82, 2.24) is 5.32 Å². The molecule has 4 rings (SSSR count). The van der Waals surface area contributed by atoms with Crippen LogP contribution in [0.3, 0.4) is 0 Å². The lowest BCUT2D eigenvalue weighted by atomic mass is 9.71.